The molecule has 2 saturated heterocycles. The molecule has 6 nitrogen and oxygen atoms in total. The highest BCUT2D eigenvalue weighted by molar-refractivity contribution is 5.94. The number of amides is 2. The Labute approximate surface area is 236 Å². The number of likely N-dealkylation sites (tertiary alicyclic amines) is 1. The zero-order chi connectivity index (χ0) is 28.0. The molecule has 0 aliphatic carbocycles. The number of hydrogen-bond donors (Lipinski definition) is 1. The van der Waals surface area contributed by atoms with E-state index in [9.17, 15) is 9.59 Å². The maximum absolute atomic E-state index is 13.2. The minimum atomic E-state index is -0.308. The summed E-state index contributed by atoms with van der Waals surface area (Å²) < 4.78 is 12.0. The normalized spacial score (nSPS) is 17.9. The van der Waals surface area contributed by atoms with Gasteiger partial charge in [0.15, 0.2) is 6.61 Å². The maximum Gasteiger partial charge on any atom is 0.258 e. The summed E-state index contributed by atoms with van der Waals surface area (Å²) >= 11 is 0. The summed E-state index contributed by atoms with van der Waals surface area (Å²) in [4.78, 5) is 27.7. The van der Waals surface area contributed by atoms with E-state index >= 15 is 0 Å². The number of hydrogen-bond acceptors (Lipinski definition) is 4. The molecule has 3 aromatic carbocycles. The summed E-state index contributed by atoms with van der Waals surface area (Å²) in [6.07, 6.45) is 3.04. The quantitative estimate of drug-likeness (QED) is 0.464. The minimum absolute atomic E-state index is 0.00639. The Morgan fingerprint density at radius 2 is 1.68 bits per heavy atom. The molecule has 0 radical (unpaired) electrons. The van der Waals surface area contributed by atoms with Crippen LogP contribution in [0.1, 0.15) is 58.3 Å². The van der Waals surface area contributed by atoms with Gasteiger partial charge in [0.1, 0.15) is 5.75 Å². The van der Waals surface area contributed by atoms with Gasteiger partial charge in [-0.2, -0.15) is 0 Å². The summed E-state index contributed by atoms with van der Waals surface area (Å²) in [5, 5.41) is 3.15. The number of aryl methyl sites for hydroxylation is 2. The number of carbonyl (C=O) groups is 2. The van der Waals surface area contributed by atoms with Crippen LogP contribution in [0.4, 0.5) is 0 Å². The Kier molecular flexibility index (Phi) is 8.52. The van der Waals surface area contributed by atoms with Crippen LogP contribution in [0, 0.1) is 25.7 Å². The number of carbonyl (C=O) groups excluding carboxylic acids is 2. The van der Waals surface area contributed by atoms with Crippen molar-refractivity contribution in [1.29, 1.82) is 0 Å². The van der Waals surface area contributed by atoms with Crippen molar-refractivity contribution < 1.29 is 19.1 Å². The first kappa shape index (κ1) is 27.5. The van der Waals surface area contributed by atoms with Gasteiger partial charge in [-0.05, 0) is 93.1 Å². The largest absolute Gasteiger partial charge is 0.483 e. The second-order valence-electron chi connectivity index (χ2n) is 10.8. The lowest BCUT2D eigenvalue weighted by Gasteiger charge is -2.46. The van der Waals surface area contributed by atoms with Gasteiger partial charge >= 0.3 is 0 Å². The average Bonchev–Trinajstić information content (AvgIpc) is 2.97. The van der Waals surface area contributed by atoms with Gasteiger partial charge < -0.3 is 19.7 Å². The van der Waals surface area contributed by atoms with Crippen LogP contribution >= 0.6 is 0 Å². The van der Waals surface area contributed by atoms with Crippen LogP contribution in [0.5, 0.6) is 5.75 Å². The highest BCUT2D eigenvalue weighted by Crippen LogP contribution is 2.35. The van der Waals surface area contributed by atoms with E-state index in [1.807, 2.05) is 91.5 Å². The molecule has 5 rings (SSSR count). The lowest BCUT2D eigenvalue weighted by atomic mass is 9.82. The first-order valence-electron chi connectivity index (χ1n) is 14.0. The molecule has 1 N–H and O–H groups in total. The third-order valence-corrected chi connectivity index (χ3v) is 7.78. The fourth-order valence-corrected chi connectivity index (χ4v) is 5.44. The van der Waals surface area contributed by atoms with Gasteiger partial charge in [0.2, 0.25) is 0 Å². The predicted octanol–water partition coefficient (Wildman–Crippen LogP) is 5.05. The van der Waals surface area contributed by atoms with E-state index in [-0.39, 0.29) is 30.1 Å². The zero-order valence-corrected chi connectivity index (χ0v) is 23.2. The molecule has 40 heavy (non-hydrogen) atoms. The third kappa shape index (κ3) is 6.91. The highest BCUT2D eigenvalue weighted by atomic mass is 16.5. The van der Waals surface area contributed by atoms with Gasteiger partial charge in [0.05, 0.1) is 5.60 Å². The van der Waals surface area contributed by atoms with Gasteiger partial charge in [-0.3, -0.25) is 9.59 Å². The molecule has 2 heterocycles. The lowest BCUT2D eigenvalue weighted by molar-refractivity contribution is -0.131. The number of nitrogens with zero attached hydrogens (tertiary/aromatic N) is 1. The van der Waals surface area contributed by atoms with Crippen LogP contribution in [0.3, 0.4) is 0 Å². The van der Waals surface area contributed by atoms with Crippen LogP contribution in [-0.4, -0.2) is 54.7 Å². The van der Waals surface area contributed by atoms with Crippen molar-refractivity contribution in [1.82, 2.24) is 10.2 Å². The standard InChI is InChI=1S/C34H36N2O4/c1-25-8-9-26(2)31(22-25)39-24-32(37)35-30-16-21-40-34(23-30)17-19-36(20-18-34)33(38)29-14-12-28(13-15-29)11-10-27-6-4-3-5-7-27/h3-9,12-15,22,30H,16-21,23-24H2,1-2H3,(H,35,37). The molecule has 1 spiro atoms. The number of ether oxygens (including phenoxy) is 2. The fourth-order valence-electron chi connectivity index (χ4n) is 5.44. The van der Waals surface area contributed by atoms with E-state index in [0.29, 0.717) is 25.3 Å². The first-order chi connectivity index (χ1) is 19.4. The van der Waals surface area contributed by atoms with Gasteiger partial charge in [0.25, 0.3) is 11.8 Å². The van der Waals surface area contributed by atoms with Crippen molar-refractivity contribution in [3.8, 4) is 17.6 Å². The second kappa shape index (κ2) is 12.4. The molecule has 0 saturated carbocycles. The minimum Gasteiger partial charge on any atom is -0.483 e. The van der Waals surface area contributed by atoms with Gasteiger partial charge in [-0.25, -0.2) is 0 Å². The number of piperidine rings is 1. The molecule has 2 aliphatic rings. The van der Waals surface area contributed by atoms with E-state index in [1.54, 1.807) is 0 Å². The number of nitrogens with one attached hydrogen (secondary N) is 1. The Morgan fingerprint density at radius 3 is 2.40 bits per heavy atom. The van der Waals surface area contributed by atoms with Crippen molar-refractivity contribution >= 4 is 11.8 Å². The molecule has 1 unspecified atom stereocenters. The van der Waals surface area contributed by atoms with Gasteiger partial charge in [-0.15, -0.1) is 0 Å². The van der Waals surface area contributed by atoms with E-state index in [1.165, 1.54) is 0 Å². The molecule has 2 fully saturated rings. The van der Waals surface area contributed by atoms with Crippen molar-refractivity contribution in [3.63, 3.8) is 0 Å². The Bertz CT molecular complexity index is 1400. The van der Waals surface area contributed by atoms with Crippen LogP contribution in [0.15, 0.2) is 72.8 Å². The third-order valence-electron chi connectivity index (χ3n) is 7.78. The number of rotatable bonds is 5. The Morgan fingerprint density at radius 1 is 0.975 bits per heavy atom. The maximum atomic E-state index is 13.2. The molecule has 0 aromatic heterocycles. The van der Waals surface area contributed by atoms with Crippen molar-refractivity contribution in [2.24, 2.45) is 0 Å². The van der Waals surface area contributed by atoms with Crippen LogP contribution in [0.2, 0.25) is 0 Å². The van der Waals surface area contributed by atoms with E-state index in [4.69, 9.17) is 9.47 Å². The summed E-state index contributed by atoms with van der Waals surface area (Å²) in [6, 6.07) is 23.4. The van der Waals surface area contributed by atoms with Crippen LogP contribution in [-0.2, 0) is 9.53 Å². The van der Waals surface area contributed by atoms with Crippen molar-refractivity contribution in [2.75, 3.05) is 26.3 Å². The molecule has 2 aliphatic heterocycles. The molecule has 0 bridgehead atoms. The monoisotopic (exact) mass is 536 g/mol. The van der Waals surface area contributed by atoms with Crippen LogP contribution in [0.25, 0.3) is 0 Å². The highest BCUT2D eigenvalue weighted by Gasteiger charge is 2.41. The topological polar surface area (TPSA) is 67.9 Å². The van der Waals surface area contributed by atoms with Crippen molar-refractivity contribution in [3.05, 3.63) is 101 Å². The number of benzene rings is 3. The summed E-state index contributed by atoms with van der Waals surface area (Å²) in [6.45, 7) is 5.83. The molecule has 2 amide bonds. The fraction of sp³-hybridized carbons (Fsp3) is 0.353. The lowest BCUT2D eigenvalue weighted by Crippen LogP contribution is -2.54. The summed E-state index contributed by atoms with van der Waals surface area (Å²) in [5.41, 5.74) is 4.31. The molecule has 3 aromatic rings. The van der Waals surface area contributed by atoms with Crippen LogP contribution < -0.4 is 10.1 Å². The summed E-state index contributed by atoms with van der Waals surface area (Å²) in [7, 11) is 0. The zero-order valence-electron chi connectivity index (χ0n) is 23.2. The first-order valence-corrected chi connectivity index (χ1v) is 14.0. The van der Waals surface area contributed by atoms with E-state index in [2.05, 4.69) is 17.2 Å². The predicted molar refractivity (Wildman–Crippen MR) is 155 cm³/mol. The second-order valence-corrected chi connectivity index (χ2v) is 10.8. The SMILES string of the molecule is Cc1ccc(C)c(OCC(=O)NC2CCOC3(CCN(C(=O)c4ccc(C#Cc5ccccc5)cc4)CC3)C2)c1. The Balaban J connectivity index is 1.11. The van der Waals surface area contributed by atoms with E-state index in [0.717, 1.165) is 53.7 Å². The molecule has 1 atom stereocenters. The summed E-state index contributed by atoms with van der Waals surface area (Å²) in [5.74, 6) is 6.95. The van der Waals surface area contributed by atoms with E-state index < -0.39 is 0 Å². The van der Waals surface area contributed by atoms with Gasteiger partial charge in [0, 0.05) is 42.4 Å². The average molecular weight is 537 g/mol. The molecule has 206 valence electrons. The Hall–Kier alpha value is -4.08. The van der Waals surface area contributed by atoms with Crippen molar-refractivity contribution in [2.45, 2.75) is 51.2 Å². The molecular formula is C34H36N2O4. The molecule has 6 heteroatoms. The smallest absolute Gasteiger partial charge is 0.258 e. The van der Waals surface area contributed by atoms with Gasteiger partial charge in [-0.1, -0.05) is 42.2 Å². The molecular weight excluding hydrogens is 500 g/mol.